The lowest BCUT2D eigenvalue weighted by molar-refractivity contribution is -0.248. The standard InChI is InChI=1S/C21H36O2.C20H36O2.C19H30O2.C18H30O3.C15H28O2.C13H24O2.12CH4/c1-8-18(3,4)17(22)23-20(7)11-12-21-13-16(20)19(5,6)15(21)10-9-14(21)2;1-5-19(2,3)18(21)22-20(4,16-12-8-6-9-13-16)17-14-10-7-11-15-17;1-5-18(2,3)17(20)21-19(4)10-13-9-14(19)16-12-7-6-11(8-12)15(13)16;1-5-17(3,4)16(19)20-12(2)21-18-9-13-6-14(10-18)8-15(7-13)11-18;1-6-14(2,3)13(16)17-15(4,5)12-10-8-7-9-11-12;1-5-12(2,3)11(14)15-13(4)9-7-6-8-10-13;;;;;;;;;;;;/h14-16H,8-13H2,1-7H3;16-17H,5-15H2,1-4H3;11-16H,5-10H2,1-4H3;12-15H,5-11H2,1-4H3;12H,6-11H2,1-5H3;5-10H2,1-4H3;12*1H4. The minimum absolute atomic E-state index is 0. The van der Waals surface area contributed by atoms with Crippen molar-refractivity contribution in [2.75, 3.05) is 0 Å². The van der Waals surface area contributed by atoms with Gasteiger partial charge >= 0.3 is 35.8 Å². The van der Waals surface area contributed by atoms with Gasteiger partial charge in [0.2, 0.25) is 6.29 Å². The molecule has 782 valence electrons. The zero-order valence-electron chi connectivity index (χ0n) is 82.2. The first kappa shape index (κ1) is 134. The summed E-state index contributed by atoms with van der Waals surface area (Å²) in [6.07, 6.45) is 50.4. The van der Waals surface area contributed by atoms with Crippen molar-refractivity contribution in [3.63, 3.8) is 0 Å². The first-order valence-corrected chi connectivity index (χ1v) is 50.3. The van der Waals surface area contributed by atoms with Crippen molar-refractivity contribution in [2.24, 2.45) is 132 Å². The van der Waals surface area contributed by atoms with E-state index in [0.29, 0.717) is 35.0 Å². The maximum absolute atomic E-state index is 12.8. The van der Waals surface area contributed by atoms with Crippen LogP contribution >= 0.6 is 0 Å². The maximum atomic E-state index is 12.8. The second kappa shape index (κ2) is 52.3. The predicted octanol–water partition coefficient (Wildman–Crippen LogP) is 35.9. The Labute approximate surface area is 817 Å². The van der Waals surface area contributed by atoms with E-state index in [9.17, 15) is 28.8 Å². The smallest absolute Gasteiger partial charge is 0.313 e. The Morgan fingerprint density at radius 1 is 0.336 bits per heavy atom. The van der Waals surface area contributed by atoms with Crippen LogP contribution in [0.2, 0.25) is 0 Å². The highest BCUT2D eigenvalue weighted by Gasteiger charge is 2.70. The number of rotatable bonds is 23. The Morgan fingerprint density at radius 3 is 1.11 bits per heavy atom. The highest BCUT2D eigenvalue weighted by atomic mass is 16.7. The van der Waals surface area contributed by atoms with Gasteiger partial charge in [0, 0.05) is 11.8 Å². The molecule has 13 nitrogen and oxygen atoms in total. The van der Waals surface area contributed by atoms with Crippen LogP contribution in [0, 0.1) is 132 Å². The Balaban J connectivity index is -0.000000729. The fourth-order valence-electron chi connectivity index (χ4n) is 26.6. The molecular formula is C118H232O13. The molecule has 13 unspecified atom stereocenters. The van der Waals surface area contributed by atoms with Gasteiger partial charge in [-0.05, 0) is 425 Å². The van der Waals surface area contributed by atoms with Crippen LogP contribution in [0.4, 0.5) is 0 Å². The summed E-state index contributed by atoms with van der Waals surface area (Å²) in [4.78, 5) is 74.3. The van der Waals surface area contributed by atoms with Gasteiger partial charge in [0.05, 0.1) is 38.1 Å². The molecule has 131 heavy (non-hydrogen) atoms. The summed E-state index contributed by atoms with van der Waals surface area (Å²) in [6, 6.07) is 0. The summed E-state index contributed by atoms with van der Waals surface area (Å²) in [7, 11) is 0. The molecule has 13 heteroatoms. The number of hydrogen-bond donors (Lipinski definition) is 0. The summed E-state index contributed by atoms with van der Waals surface area (Å²) >= 11 is 0. The van der Waals surface area contributed by atoms with Crippen LogP contribution in [-0.4, -0.2) is 75.7 Å². The number of fused-ring (bicyclic) bond motifs is 10. The van der Waals surface area contributed by atoms with Gasteiger partial charge in [0.1, 0.15) is 28.0 Å². The molecule has 15 rings (SSSR count). The molecule has 0 aromatic heterocycles. The van der Waals surface area contributed by atoms with Gasteiger partial charge in [0.25, 0.3) is 0 Å². The van der Waals surface area contributed by atoms with Crippen molar-refractivity contribution >= 4 is 35.8 Å². The van der Waals surface area contributed by atoms with Gasteiger partial charge in [-0.3, -0.25) is 28.8 Å². The van der Waals surface area contributed by atoms with Crippen LogP contribution in [0.15, 0.2) is 0 Å². The molecule has 0 radical (unpaired) electrons. The van der Waals surface area contributed by atoms with Gasteiger partial charge in [-0.2, -0.15) is 0 Å². The lowest BCUT2D eigenvalue weighted by Gasteiger charge is -2.56. The maximum Gasteiger partial charge on any atom is 0.313 e. The normalized spacial score (nSPS) is 31.0. The molecule has 13 atom stereocenters. The molecule has 10 bridgehead atoms. The second-order valence-electron chi connectivity index (χ2n) is 48.6. The number of esters is 6. The molecule has 0 saturated heterocycles. The SMILES string of the molecule is C.C.C.C.C.C.C.C.C.C.C.C.CCC(C)(C)C(=O)OC(C)(C)C1CCCCC1.CCC(C)(C)C(=O)OC(C)(C1CCCCC1)C1CCCCC1.CCC(C)(C)C(=O)OC(C)OC12CC3CC(CC(C3)C1)C2.CCC(C)(C)C(=O)OC1(C)CC2CC1C1C3CCC(C3)C21.CCC(C)(C)C(=O)OC1(C)CCC23CC1C(C)(C)C2CCC3C.CCC(C)(C)C(=O)OC1(C)CCCCC1. The predicted molar refractivity (Wildman–Crippen MR) is 563 cm³/mol. The molecular weight excluding hydrogens is 1630 g/mol. The quantitative estimate of drug-likeness (QED) is 0.0411. The van der Waals surface area contributed by atoms with Gasteiger partial charge in [-0.1, -0.05) is 216 Å². The van der Waals surface area contributed by atoms with Gasteiger partial charge in [-0.15, -0.1) is 0 Å². The van der Waals surface area contributed by atoms with Crippen LogP contribution in [0.5, 0.6) is 0 Å². The molecule has 0 aromatic carbocycles. The highest BCUT2D eigenvalue weighted by Crippen LogP contribution is 2.74. The molecule has 15 aliphatic rings. The summed E-state index contributed by atoms with van der Waals surface area (Å²) in [5.41, 5.74) is -2.52. The van der Waals surface area contributed by atoms with Gasteiger partial charge in [-0.25, -0.2) is 0 Å². The van der Waals surface area contributed by atoms with E-state index in [-0.39, 0.29) is 191 Å². The van der Waals surface area contributed by atoms with Crippen LogP contribution in [0.3, 0.4) is 0 Å². The fourth-order valence-corrected chi connectivity index (χ4v) is 26.6. The molecule has 1 spiro atoms. The van der Waals surface area contributed by atoms with Crippen molar-refractivity contribution < 1.29 is 61.9 Å². The third kappa shape index (κ3) is 30.4. The average molecular weight is 1860 g/mol. The highest BCUT2D eigenvalue weighted by molar-refractivity contribution is 5.79. The van der Waals surface area contributed by atoms with E-state index in [0.717, 1.165) is 123 Å². The number of carbonyl (C=O) groups is 6. The Kier molecular flexibility index (Phi) is 53.5. The minimum Gasteiger partial charge on any atom is -0.459 e. The van der Waals surface area contributed by atoms with Crippen molar-refractivity contribution in [3.8, 4) is 0 Å². The number of carbonyl (C=O) groups excluding carboxylic acids is 6. The largest absolute Gasteiger partial charge is 0.459 e. The van der Waals surface area contributed by atoms with E-state index < -0.39 is 11.7 Å². The average Bonchev–Trinajstić information content (AvgIpc) is 1.52. The minimum atomic E-state index is -0.418. The summed E-state index contributed by atoms with van der Waals surface area (Å²) in [5.74, 6) is 11.6. The molecule has 15 fully saturated rings. The van der Waals surface area contributed by atoms with Gasteiger partial charge in [0.15, 0.2) is 0 Å². The molecule has 15 saturated carbocycles. The number of ether oxygens (including phenoxy) is 7. The van der Waals surface area contributed by atoms with Gasteiger partial charge < -0.3 is 33.2 Å². The van der Waals surface area contributed by atoms with Crippen molar-refractivity contribution in [1.82, 2.24) is 0 Å². The summed E-state index contributed by atoms with van der Waals surface area (Å²) in [6.45, 7) is 58.4. The topological polar surface area (TPSA) is 167 Å². The van der Waals surface area contributed by atoms with Crippen LogP contribution in [-0.2, 0) is 61.9 Å². The fraction of sp³-hybridized carbons (Fsp3) is 0.949. The first-order valence-electron chi connectivity index (χ1n) is 50.3. The van der Waals surface area contributed by atoms with E-state index in [2.05, 4.69) is 83.1 Å². The van der Waals surface area contributed by atoms with E-state index in [1.165, 1.54) is 205 Å². The Hall–Kier alpha value is -3.22. The van der Waals surface area contributed by atoms with Crippen molar-refractivity contribution in [1.29, 1.82) is 0 Å². The first-order chi connectivity index (χ1) is 55.3. The lowest BCUT2D eigenvalue weighted by atomic mass is 9.54. The number of hydrogen-bond acceptors (Lipinski definition) is 13. The van der Waals surface area contributed by atoms with Crippen molar-refractivity contribution in [2.45, 2.75) is 593 Å². The summed E-state index contributed by atoms with van der Waals surface area (Å²) in [5, 5.41) is 0. The van der Waals surface area contributed by atoms with E-state index in [4.69, 9.17) is 33.2 Å². The lowest BCUT2D eigenvalue weighted by Crippen LogP contribution is -2.53. The van der Waals surface area contributed by atoms with E-state index in [1.54, 1.807) is 0 Å². The molecule has 0 aromatic rings. The Bertz CT molecular complexity index is 3290. The zero-order valence-corrected chi connectivity index (χ0v) is 82.2. The van der Waals surface area contributed by atoms with Crippen LogP contribution in [0.25, 0.3) is 0 Å². The van der Waals surface area contributed by atoms with Crippen molar-refractivity contribution in [3.05, 3.63) is 0 Å². The van der Waals surface area contributed by atoms with E-state index >= 15 is 0 Å². The molecule has 0 amide bonds. The third-order valence-electron chi connectivity index (χ3n) is 37.1. The van der Waals surface area contributed by atoms with E-state index in [1.807, 2.05) is 111 Å². The zero-order chi connectivity index (χ0) is 88.3. The monoisotopic (exact) mass is 1860 g/mol. The molecule has 0 aliphatic heterocycles. The summed E-state index contributed by atoms with van der Waals surface area (Å²) < 4.78 is 42.1. The molecule has 15 aliphatic carbocycles. The second-order valence-corrected chi connectivity index (χ2v) is 48.6. The molecule has 0 heterocycles. The third-order valence-corrected chi connectivity index (χ3v) is 37.1. The van der Waals surface area contributed by atoms with Crippen LogP contribution in [0.1, 0.15) is 553 Å². The Morgan fingerprint density at radius 2 is 0.695 bits per heavy atom. The van der Waals surface area contributed by atoms with Crippen LogP contribution < -0.4 is 0 Å². The molecule has 0 N–H and O–H groups in total.